The molecular weight excluding hydrogens is 516 g/mol. The van der Waals surface area contributed by atoms with Crippen LogP contribution in [0.5, 0.6) is 17.2 Å². The molecule has 0 amide bonds. The minimum Gasteiger partial charge on any atom is -0.423 e. The molecule has 4 rings (SSSR count). The quantitative estimate of drug-likeness (QED) is 0.107. The van der Waals surface area contributed by atoms with E-state index in [4.69, 9.17) is 14.2 Å². The number of ether oxygens (including phenoxy) is 3. The lowest BCUT2D eigenvalue weighted by atomic mass is 9.99. The van der Waals surface area contributed by atoms with Gasteiger partial charge < -0.3 is 14.2 Å². The van der Waals surface area contributed by atoms with Gasteiger partial charge in [-0.3, -0.25) is 0 Å². The van der Waals surface area contributed by atoms with Crippen molar-refractivity contribution in [3.8, 4) is 51.3 Å². The van der Waals surface area contributed by atoms with Gasteiger partial charge in [-0.2, -0.15) is 0 Å². The number of hydrogen-bond donors (Lipinski definition) is 0. The minimum atomic E-state index is -0.601. The molecule has 0 aliphatic heterocycles. The molecule has 0 aromatic heterocycles. The van der Waals surface area contributed by atoms with Crippen molar-refractivity contribution in [2.24, 2.45) is 0 Å². The third-order valence-corrected chi connectivity index (χ3v) is 5.73. The van der Waals surface area contributed by atoms with Crippen molar-refractivity contribution < 1.29 is 28.6 Å². The maximum atomic E-state index is 12.0. The van der Waals surface area contributed by atoms with Crippen LogP contribution < -0.4 is 14.2 Å². The van der Waals surface area contributed by atoms with Crippen molar-refractivity contribution in [3.63, 3.8) is 0 Å². The molecule has 200 valence electrons. The van der Waals surface area contributed by atoms with E-state index in [2.05, 4.69) is 31.6 Å². The summed E-state index contributed by atoms with van der Waals surface area (Å²) in [6, 6.07) is 27.1. The van der Waals surface area contributed by atoms with Gasteiger partial charge in [0.15, 0.2) is 0 Å². The monoisotopic (exact) mass is 540 g/mol. The zero-order valence-electron chi connectivity index (χ0n) is 22.0. The lowest BCUT2D eigenvalue weighted by Gasteiger charge is -2.10. The van der Waals surface area contributed by atoms with Crippen LogP contribution in [0.3, 0.4) is 0 Å². The Morgan fingerprint density at radius 2 is 0.927 bits per heavy atom. The van der Waals surface area contributed by atoms with Crippen LogP contribution in [0.2, 0.25) is 0 Å². The summed E-state index contributed by atoms with van der Waals surface area (Å²) in [5.74, 6) is 5.52. The third-order valence-electron chi connectivity index (χ3n) is 5.73. The van der Waals surface area contributed by atoms with Crippen molar-refractivity contribution in [3.05, 3.63) is 140 Å². The highest BCUT2D eigenvalue weighted by molar-refractivity contribution is 5.85. The first kappa shape index (κ1) is 28.1. The van der Waals surface area contributed by atoms with E-state index in [9.17, 15) is 14.4 Å². The molecule has 6 heteroatoms. The number of hydrogen-bond acceptors (Lipinski definition) is 6. The molecule has 0 saturated carbocycles. The molecular formula is C35H24O6. The number of benzene rings is 4. The number of rotatable bonds is 8. The standard InChI is InChI=1S/C35H24O6/c1-4-33(36)39-30-19-8-24(9-20-30)7-10-28-15-16-29(23-32(28)41-35(38)6-3)27-13-11-25(12-14-27)26-17-21-31(22-18-26)40-34(37)5-2/h4-6,8-9,11-23H,1-3H2. The SMILES string of the molecule is C=CC(=O)Oc1ccc(C#Cc2ccc(-c3ccc(-c4ccc(OC(=O)C=C)cc4)cc3)cc2OC(=O)C=C)cc1. The fourth-order valence-corrected chi connectivity index (χ4v) is 3.67. The van der Waals surface area contributed by atoms with Crippen molar-refractivity contribution in [1.82, 2.24) is 0 Å². The van der Waals surface area contributed by atoms with Crippen molar-refractivity contribution in [2.45, 2.75) is 0 Å². The molecule has 0 fully saturated rings. The summed E-state index contributed by atoms with van der Waals surface area (Å²) in [6.07, 6.45) is 3.29. The maximum absolute atomic E-state index is 12.0. The molecule has 0 bridgehead atoms. The Hall–Kier alpha value is -5.93. The second kappa shape index (κ2) is 13.2. The van der Waals surface area contributed by atoms with E-state index < -0.39 is 17.9 Å². The summed E-state index contributed by atoms with van der Waals surface area (Å²) in [5, 5.41) is 0. The van der Waals surface area contributed by atoms with Gasteiger partial charge in [0.1, 0.15) is 17.2 Å². The fourth-order valence-electron chi connectivity index (χ4n) is 3.67. The van der Waals surface area contributed by atoms with E-state index in [-0.39, 0.29) is 0 Å². The van der Waals surface area contributed by atoms with Gasteiger partial charge in [0, 0.05) is 23.8 Å². The van der Waals surface area contributed by atoms with Crippen molar-refractivity contribution in [1.29, 1.82) is 0 Å². The Kier molecular flexibility index (Phi) is 9.06. The highest BCUT2D eigenvalue weighted by atomic mass is 16.5. The van der Waals surface area contributed by atoms with Gasteiger partial charge in [-0.25, -0.2) is 14.4 Å². The Morgan fingerprint density at radius 3 is 1.44 bits per heavy atom. The maximum Gasteiger partial charge on any atom is 0.335 e. The summed E-state index contributed by atoms with van der Waals surface area (Å²) in [4.78, 5) is 34.8. The number of carbonyl (C=O) groups is 3. The van der Waals surface area contributed by atoms with Crippen LogP contribution in [0.25, 0.3) is 22.3 Å². The van der Waals surface area contributed by atoms with Crippen molar-refractivity contribution in [2.75, 3.05) is 0 Å². The Morgan fingerprint density at radius 1 is 0.512 bits per heavy atom. The second-order valence-electron chi connectivity index (χ2n) is 8.46. The van der Waals surface area contributed by atoms with Crippen LogP contribution >= 0.6 is 0 Å². The molecule has 0 radical (unpaired) electrons. The molecule has 0 spiro atoms. The molecule has 41 heavy (non-hydrogen) atoms. The Labute approximate surface area is 237 Å². The molecule has 0 unspecified atom stereocenters. The topological polar surface area (TPSA) is 78.9 Å². The molecule has 4 aromatic carbocycles. The molecule has 6 nitrogen and oxygen atoms in total. The van der Waals surface area contributed by atoms with Gasteiger partial charge in [0.2, 0.25) is 0 Å². The second-order valence-corrected chi connectivity index (χ2v) is 8.46. The number of carbonyl (C=O) groups excluding carboxylic acids is 3. The van der Waals surface area contributed by atoms with E-state index in [1.807, 2.05) is 42.5 Å². The predicted octanol–water partition coefficient (Wildman–Crippen LogP) is 6.69. The van der Waals surface area contributed by atoms with Gasteiger partial charge in [0.25, 0.3) is 0 Å². The normalized spacial score (nSPS) is 9.85. The van der Waals surface area contributed by atoms with Crippen LogP contribution in [0, 0.1) is 11.8 Å². The van der Waals surface area contributed by atoms with E-state index in [1.165, 1.54) is 0 Å². The highest BCUT2D eigenvalue weighted by Crippen LogP contribution is 2.30. The lowest BCUT2D eigenvalue weighted by molar-refractivity contribution is -0.129. The molecule has 0 heterocycles. The molecule has 0 aliphatic rings. The van der Waals surface area contributed by atoms with E-state index in [1.54, 1.807) is 48.5 Å². The van der Waals surface area contributed by atoms with Gasteiger partial charge in [0.05, 0.1) is 5.56 Å². The summed E-state index contributed by atoms with van der Waals surface area (Å²) in [6.45, 7) is 10.2. The van der Waals surface area contributed by atoms with Crippen LogP contribution in [-0.4, -0.2) is 17.9 Å². The van der Waals surface area contributed by atoms with Crippen LogP contribution in [0.4, 0.5) is 0 Å². The molecule has 0 atom stereocenters. The van der Waals surface area contributed by atoms with Gasteiger partial charge in [-0.1, -0.05) is 74.0 Å². The fraction of sp³-hybridized carbons (Fsp3) is 0. The van der Waals surface area contributed by atoms with Crippen LogP contribution in [-0.2, 0) is 14.4 Å². The smallest absolute Gasteiger partial charge is 0.335 e. The van der Waals surface area contributed by atoms with Gasteiger partial charge in [-0.15, -0.1) is 0 Å². The van der Waals surface area contributed by atoms with E-state index in [0.29, 0.717) is 28.4 Å². The lowest BCUT2D eigenvalue weighted by Crippen LogP contribution is -2.04. The predicted molar refractivity (Wildman–Crippen MR) is 157 cm³/mol. The van der Waals surface area contributed by atoms with Crippen LogP contribution in [0.1, 0.15) is 11.1 Å². The van der Waals surface area contributed by atoms with Gasteiger partial charge in [-0.05, 0) is 70.8 Å². The Bertz CT molecular complexity index is 1680. The Balaban J connectivity index is 1.56. The minimum absolute atomic E-state index is 0.296. The van der Waals surface area contributed by atoms with E-state index in [0.717, 1.165) is 40.5 Å². The molecule has 0 saturated heterocycles. The first-order chi connectivity index (χ1) is 19.9. The van der Waals surface area contributed by atoms with E-state index >= 15 is 0 Å². The average Bonchev–Trinajstić information content (AvgIpc) is 3.01. The zero-order chi connectivity index (χ0) is 29.2. The molecule has 4 aromatic rings. The largest absolute Gasteiger partial charge is 0.423 e. The molecule has 0 aliphatic carbocycles. The van der Waals surface area contributed by atoms with Gasteiger partial charge >= 0.3 is 17.9 Å². The highest BCUT2D eigenvalue weighted by Gasteiger charge is 2.10. The number of esters is 3. The summed E-state index contributed by atoms with van der Waals surface area (Å²) in [7, 11) is 0. The first-order valence-electron chi connectivity index (χ1n) is 12.4. The summed E-state index contributed by atoms with van der Waals surface area (Å²) >= 11 is 0. The first-order valence-corrected chi connectivity index (χ1v) is 12.4. The molecule has 0 N–H and O–H groups in total. The summed E-state index contributed by atoms with van der Waals surface area (Å²) < 4.78 is 15.7. The average molecular weight is 541 g/mol. The third kappa shape index (κ3) is 7.56. The van der Waals surface area contributed by atoms with Crippen molar-refractivity contribution >= 4 is 17.9 Å². The summed E-state index contributed by atoms with van der Waals surface area (Å²) in [5.41, 5.74) is 4.85. The van der Waals surface area contributed by atoms with Crippen LogP contribution in [0.15, 0.2) is 129 Å². The zero-order valence-corrected chi connectivity index (χ0v) is 22.0.